The summed E-state index contributed by atoms with van der Waals surface area (Å²) in [5.41, 5.74) is 1.46. The van der Waals surface area contributed by atoms with Crippen molar-refractivity contribution in [1.82, 2.24) is 15.5 Å². The van der Waals surface area contributed by atoms with E-state index in [1.807, 2.05) is 0 Å². The van der Waals surface area contributed by atoms with Crippen LogP contribution in [-0.2, 0) is 11.2 Å². The second kappa shape index (κ2) is 6.23. The van der Waals surface area contributed by atoms with Crippen molar-refractivity contribution in [2.75, 3.05) is 24.6 Å². The number of ether oxygens (including phenoxy) is 1. The molecule has 4 heterocycles. The van der Waals surface area contributed by atoms with Gasteiger partial charge in [0, 0.05) is 35.2 Å². The molecule has 4 rings (SSSR count). The Bertz CT molecular complexity index is 824. The number of hydrogen-bond donors (Lipinski definition) is 2. The molecule has 0 saturated carbocycles. The van der Waals surface area contributed by atoms with Gasteiger partial charge < -0.3 is 15.0 Å². The van der Waals surface area contributed by atoms with Crippen molar-refractivity contribution in [2.45, 2.75) is 25.0 Å². The zero-order chi connectivity index (χ0) is 18.5. The largest absolute Gasteiger partial charge is 0.362 e. The number of nitrogens with zero attached hydrogens (tertiary/aromatic N) is 2. The minimum absolute atomic E-state index is 0.0321. The zero-order valence-corrected chi connectivity index (χ0v) is 14.1. The second-order valence-electron chi connectivity index (χ2n) is 6.25. The highest BCUT2D eigenvalue weighted by Gasteiger charge is 2.45. The molecule has 2 aliphatic rings. The molecule has 0 unspecified atom stereocenters. The van der Waals surface area contributed by atoms with Crippen LogP contribution in [0.2, 0.25) is 0 Å². The molecule has 11 heteroatoms. The number of halogens is 4. The van der Waals surface area contributed by atoms with Crippen LogP contribution in [0.15, 0.2) is 12.4 Å². The lowest BCUT2D eigenvalue weighted by molar-refractivity contribution is -0.132. The summed E-state index contributed by atoms with van der Waals surface area (Å²) in [5.74, 6) is -3.47. The summed E-state index contributed by atoms with van der Waals surface area (Å²) in [5, 5.41) is 9.07. The van der Waals surface area contributed by atoms with Crippen molar-refractivity contribution in [3.8, 4) is 10.4 Å². The van der Waals surface area contributed by atoms with E-state index >= 15 is 0 Å². The Kier molecular flexibility index (Phi) is 4.14. The van der Waals surface area contributed by atoms with Gasteiger partial charge in [0.15, 0.2) is 0 Å². The maximum Gasteiger partial charge on any atom is 0.345 e. The highest BCUT2D eigenvalue weighted by Crippen LogP contribution is 2.48. The first kappa shape index (κ1) is 17.3. The fourth-order valence-electron chi connectivity index (χ4n) is 3.39. The number of carbonyl (C=O) groups excluding carboxylic acids is 1. The molecule has 0 spiro atoms. The Morgan fingerprint density at radius 2 is 2.23 bits per heavy atom. The number of H-pyrrole nitrogens is 1. The van der Waals surface area contributed by atoms with Crippen LogP contribution < -0.4 is 10.2 Å². The monoisotopic (exact) mass is 390 g/mol. The number of amides is 1. The summed E-state index contributed by atoms with van der Waals surface area (Å²) in [7, 11) is 0. The molecule has 0 aliphatic carbocycles. The number of nitrogens with one attached hydrogen (secondary N) is 2. The smallest absolute Gasteiger partial charge is 0.345 e. The Hall–Kier alpha value is -2.14. The fraction of sp³-hybridized carbons (Fsp3) is 0.467. The molecule has 0 aromatic carbocycles. The van der Waals surface area contributed by atoms with Crippen LogP contribution in [0, 0.1) is 0 Å². The van der Waals surface area contributed by atoms with Crippen molar-refractivity contribution < 1.29 is 27.1 Å². The van der Waals surface area contributed by atoms with Gasteiger partial charge in [-0.1, -0.05) is 0 Å². The SMILES string of the molecule is O=C1N[C@@H](COC(F)F)CN2CC(F)(F)Cc3c(-c4cn[nH]c4)sc1c32. The van der Waals surface area contributed by atoms with E-state index in [2.05, 4.69) is 20.3 Å². The number of alkyl halides is 4. The van der Waals surface area contributed by atoms with Crippen LogP contribution in [-0.4, -0.2) is 54.4 Å². The Morgan fingerprint density at radius 3 is 2.92 bits per heavy atom. The lowest BCUT2D eigenvalue weighted by Gasteiger charge is -2.35. The topological polar surface area (TPSA) is 70.2 Å². The molecule has 26 heavy (non-hydrogen) atoms. The fourth-order valence-corrected chi connectivity index (χ4v) is 4.62. The molecule has 2 N–H and O–H groups in total. The summed E-state index contributed by atoms with van der Waals surface area (Å²) in [6, 6.07) is -0.810. The number of hydrogen-bond acceptors (Lipinski definition) is 5. The summed E-state index contributed by atoms with van der Waals surface area (Å²) in [6.45, 7) is -4.05. The predicted octanol–water partition coefficient (Wildman–Crippen LogP) is 2.49. The molecule has 1 atom stereocenters. The third kappa shape index (κ3) is 3.05. The van der Waals surface area contributed by atoms with Gasteiger partial charge in [-0.25, -0.2) is 8.78 Å². The van der Waals surface area contributed by atoms with Crippen LogP contribution in [0.1, 0.15) is 15.2 Å². The first-order chi connectivity index (χ1) is 12.3. The maximum atomic E-state index is 14.3. The molecular weight excluding hydrogens is 376 g/mol. The van der Waals surface area contributed by atoms with Gasteiger partial charge in [-0.05, 0) is 0 Å². The van der Waals surface area contributed by atoms with Gasteiger partial charge in [0.25, 0.3) is 11.8 Å². The van der Waals surface area contributed by atoms with Gasteiger partial charge in [-0.2, -0.15) is 13.9 Å². The number of aromatic nitrogens is 2. The van der Waals surface area contributed by atoms with Crippen molar-refractivity contribution >= 4 is 22.9 Å². The van der Waals surface area contributed by atoms with Gasteiger partial charge in [0.1, 0.15) is 4.88 Å². The number of thiophene rings is 1. The van der Waals surface area contributed by atoms with Gasteiger partial charge in [0.05, 0.1) is 31.1 Å². The van der Waals surface area contributed by atoms with Crippen molar-refractivity contribution in [3.05, 3.63) is 22.8 Å². The Balaban J connectivity index is 1.75. The normalized spacial score (nSPS) is 21.5. The molecular formula is C15H14F4N4O2S. The lowest BCUT2D eigenvalue weighted by Crippen LogP contribution is -2.49. The van der Waals surface area contributed by atoms with Crippen molar-refractivity contribution in [1.29, 1.82) is 0 Å². The first-order valence-electron chi connectivity index (χ1n) is 7.82. The van der Waals surface area contributed by atoms with E-state index in [4.69, 9.17) is 0 Å². The van der Waals surface area contributed by atoms with Gasteiger partial charge in [-0.3, -0.25) is 9.89 Å². The van der Waals surface area contributed by atoms with Crippen LogP contribution in [0.3, 0.4) is 0 Å². The number of carbonyl (C=O) groups is 1. The highest BCUT2D eigenvalue weighted by atomic mass is 32.1. The Labute approximate surface area is 149 Å². The van der Waals surface area contributed by atoms with Crippen molar-refractivity contribution in [2.24, 2.45) is 0 Å². The zero-order valence-electron chi connectivity index (χ0n) is 13.3. The molecule has 2 aliphatic heterocycles. The number of aromatic amines is 1. The molecule has 2 aromatic heterocycles. The van der Waals surface area contributed by atoms with E-state index < -0.39 is 44.1 Å². The summed E-state index contributed by atoms with van der Waals surface area (Å²) in [6.07, 6.45) is 2.60. The molecule has 2 aromatic rings. The minimum Gasteiger partial charge on any atom is -0.362 e. The minimum atomic E-state index is -2.99. The molecule has 0 fully saturated rings. The molecule has 1 amide bonds. The van der Waals surface area contributed by atoms with Gasteiger partial charge in [0.2, 0.25) is 0 Å². The van der Waals surface area contributed by atoms with E-state index in [-0.39, 0.29) is 6.54 Å². The molecule has 0 radical (unpaired) electrons. The van der Waals surface area contributed by atoms with Crippen LogP contribution in [0.5, 0.6) is 0 Å². The van der Waals surface area contributed by atoms with E-state index in [0.29, 0.717) is 26.6 Å². The van der Waals surface area contributed by atoms with Gasteiger partial charge in [-0.15, -0.1) is 11.3 Å². The summed E-state index contributed by atoms with van der Waals surface area (Å²) < 4.78 is 57.5. The Morgan fingerprint density at radius 1 is 1.42 bits per heavy atom. The third-order valence-corrected chi connectivity index (χ3v) is 5.59. The number of rotatable bonds is 4. The van der Waals surface area contributed by atoms with Gasteiger partial charge >= 0.3 is 6.61 Å². The first-order valence-corrected chi connectivity index (χ1v) is 8.64. The molecule has 140 valence electrons. The average Bonchev–Trinajstić information content (AvgIpc) is 3.15. The maximum absolute atomic E-state index is 14.3. The standard InChI is InChI=1S/C15H14F4N4O2S/c16-14(17)25-5-8-4-23-6-15(18,19)1-9-10(23)12(13(24)22-8)26-11(9)7-2-20-21-3-7/h2-3,8,14H,1,4-6H2,(H,20,21)(H,22,24)/t8-/m1/s1. The average molecular weight is 390 g/mol. The van der Waals surface area contributed by atoms with E-state index in [0.717, 1.165) is 11.3 Å². The molecule has 0 bridgehead atoms. The highest BCUT2D eigenvalue weighted by molar-refractivity contribution is 7.18. The van der Waals surface area contributed by atoms with E-state index in [1.54, 1.807) is 6.20 Å². The van der Waals surface area contributed by atoms with Crippen LogP contribution in [0.4, 0.5) is 23.2 Å². The van der Waals surface area contributed by atoms with E-state index in [1.165, 1.54) is 11.1 Å². The second-order valence-corrected chi connectivity index (χ2v) is 7.27. The predicted molar refractivity (Wildman–Crippen MR) is 86.0 cm³/mol. The quantitative estimate of drug-likeness (QED) is 0.787. The number of anilines is 1. The van der Waals surface area contributed by atoms with Crippen LogP contribution in [0.25, 0.3) is 10.4 Å². The molecule has 6 nitrogen and oxygen atoms in total. The third-order valence-electron chi connectivity index (χ3n) is 4.32. The molecule has 0 saturated heterocycles. The summed E-state index contributed by atoms with van der Waals surface area (Å²) >= 11 is 1.10. The van der Waals surface area contributed by atoms with Crippen molar-refractivity contribution in [3.63, 3.8) is 0 Å². The summed E-state index contributed by atoms with van der Waals surface area (Å²) in [4.78, 5) is 14.8. The van der Waals surface area contributed by atoms with Crippen LogP contribution >= 0.6 is 11.3 Å². The van der Waals surface area contributed by atoms with E-state index in [9.17, 15) is 22.4 Å². The lowest BCUT2D eigenvalue weighted by atomic mass is 9.97.